The van der Waals surface area contributed by atoms with Gasteiger partial charge in [0, 0.05) is 35.1 Å². The number of carbonyl (C=O) groups is 1. The van der Waals surface area contributed by atoms with Crippen molar-refractivity contribution in [3.8, 4) is 0 Å². The fourth-order valence-corrected chi connectivity index (χ4v) is 2.79. The van der Waals surface area contributed by atoms with Crippen molar-refractivity contribution in [1.82, 2.24) is 14.5 Å². The van der Waals surface area contributed by atoms with E-state index in [0.29, 0.717) is 17.3 Å². The van der Waals surface area contributed by atoms with Crippen LogP contribution in [0, 0.1) is 0 Å². The molecule has 2 aromatic heterocycles. The van der Waals surface area contributed by atoms with E-state index in [1.54, 1.807) is 41.1 Å². The summed E-state index contributed by atoms with van der Waals surface area (Å²) in [5.41, 5.74) is 1.27. The van der Waals surface area contributed by atoms with Crippen LogP contribution in [0.4, 0.5) is 22.1 Å². The molecule has 2 heterocycles. The number of aromatic nitrogens is 3. The lowest BCUT2D eigenvalue weighted by molar-refractivity contribution is 0.0636. The highest BCUT2D eigenvalue weighted by Gasteiger charge is 2.16. The van der Waals surface area contributed by atoms with Crippen LogP contribution >= 0.6 is 0 Å². The number of rotatable bonds is 4. The minimum atomic E-state index is -0.560. The molecular formula is C21H25N5O3. The van der Waals surface area contributed by atoms with Gasteiger partial charge in [-0.3, -0.25) is 14.7 Å². The molecule has 8 heteroatoms. The number of hydrogen-bond acceptors (Lipinski definition) is 6. The van der Waals surface area contributed by atoms with Crippen molar-refractivity contribution in [2.45, 2.75) is 46.3 Å². The predicted octanol–water partition coefficient (Wildman–Crippen LogP) is 4.46. The van der Waals surface area contributed by atoms with Gasteiger partial charge in [-0.2, -0.15) is 4.98 Å². The van der Waals surface area contributed by atoms with Crippen LogP contribution in [0.5, 0.6) is 0 Å². The Hall–Kier alpha value is -3.42. The highest BCUT2D eigenvalue weighted by Crippen LogP contribution is 2.20. The summed E-state index contributed by atoms with van der Waals surface area (Å²) in [5.74, 6) is 0.380. The van der Waals surface area contributed by atoms with Crippen LogP contribution < -0.4 is 16.2 Å². The Bertz CT molecular complexity index is 1080. The Labute approximate surface area is 168 Å². The predicted molar refractivity (Wildman–Crippen MR) is 114 cm³/mol. The van der Waals surface area contributed by atoms with Crippen molar-refractivity contribution in [3.63, 3.8) is 0 Å². The van der Waals surface area contributed by atoms with Gasteiger partial charge in [-0.15, -0.1) is 0 Å². The Balaban J connectivity index is 1.78. The Morgan fingerprint density at radius 2 is 1.72 bits per heavy atom. The second-order valence-corrected chi connectivity index (χ2v) is 7.94. The lowest BCUT2D eigenvalue weighted by Gasteiger charge is -2.19. The molecule has 29 heavy (non-hydrogen) atoms. The van der Waals surface area contributed by atoms with E-state index in [1.165, 1.54) is 6.07 Å². The number of pyridine rings is 1. The van der Waals surface area contributed by atoms with Crippen LogP contribution in [-0.2, 0) is 4.74 Å². The van der Waals surface area contributed by atoms with Gasteiger partial charge < -0.3 is 10.1 Å². The summed E-state index contributed by atoms with van der Waals surface area (Å²) in [4.78, 5) is 32.9. The molecule has 0 aliphatic heterocycles. The number of hydrogen-bond donors (Lipinski definition) is 2. The molecule has 0 unspecified atom stereocenters. The molecule has 0 aliphatic carbocycles. The zero-order chi connectivity index (χ0) is 21.2. The van der Waals surface area contributed by atoms with E-state index < -0.39 is 11.7 Å². The number of anilines is 3. The van der Waals surface area contributed by atoms with E-state index in [9.17, 15) is 9.59 Å². The average molecular weight is 395 g/mol. The van der Waals surface area contributed by atoms with E-state index >= 15 is 0 Å². The first-order valence-corrected chi connectivity index (χ1v) is 9.38. The van der Waals surface area contributed by atoms with Crippen molar-refractivity contribution in [3.05, 3.63) is 52.9 Å². The molecule has 0 bridgehead atoms. The zero-order valence-corrected chi connectivity index (χ0v) is 17.2. The molecule has 152 valence electrons. The third kappa shape index (κ3) is 5.10. The molecule has 0 atom stereocenters. The van der Waals surface area contributed by atoms with Gasteiger partial charge in [-0.1, -0.05) is 0 Å². The van der Waals surface area contributed by atoms with Crippen molar-refractivity contribution in [1.29, 1.82) is 0 Å². The van der Waals surface area contributed by atoms with Gasteiger partial charge in [-0.25, -0.2) is 9.78 Å². The summed E-state index contributed by atoms with van der Waals surface area (Å²) in [5, 5.41) is 6.59. The third-order valence-electron chi connectivity index (χ3n) is 3.97. The van der Waals surface area contributed by atoms with Crippen LogP contribution in [-0.4, -0.2) is 26.2 Å². The molecule has 0 saturated carbocycles. The van der Waals surface area contributed by atoms with Crippen LogP contribution in [0.2, 0.25) is 0 Å². The normalized spacial score (nSPS) is 11.5. The Morgan fingerprint density at radius 3 is 2.34 bits per heavy atom. The lowest BCUT2D eigenvalue weighted by Crippen LogP contribution is -2.27. The SMILES string of the molecule is CC(C)n1c(=O)ccc2cnc(Nc3ccc(NC(=O)OC(C)(C)C)cc3)nc21. The van der Waals surface area contributed by atoms with Gasteiger partial charge in [0.2, 0.25) is 5.95 Å². The van der Waals surface area contributed by atoms with E-state index in [1.807, 2.05) is 34.6 Å². The molecule has 1 amide bonds. The van der Waals surface area contributed by atoms with Gasteiger partial charge in [0.25, 0.3) is 5.56 Å². The zero-order valence-electron chi connectivity index (χ0n) is 17.2. The molecular weight excluding hydrogens is 370 g/mol. The summed E-state index contributed by atoms with van der Waals surface area (Å²) in [7, 11) is 0. The minimum absolute atomic E-state index is 0.0211. The monoisotopic (exact) mass is 395 g/mol. The number of amides is 1. The smallest absolute Gasteiger partial charge is 0.412 e. The molecule has 3 rings (SSSR count). The standard InChI is InChI=1S/C21H25N5O3/c1-13(2)26-17(27)11-6-14-12-22-19(25-18(14)26)23-15-7-9-16(10-8-15)24-20(28)29-21(3,4)5/h6-13H,1-5H3,(H,24,28)(H,22,23,25). The van der Waals surface area contributed by atoms with Gasteiger partial charge >= 0.3 is 6.09 Å². The number of benzene rings is 1. The summed E-state index contributed by atoms with van der Waals surface area (Å²) in [6, 6.07) is 10.3. The van der Waals surface area contributed by atoms with E-state index in [0.717, 1.165) is 11.1 Å². The Kier molecular flexibility index (Phi) is 5.54. The first-order valence-electron chi connectivity index (χ1n) is 9.38. The maximum atomic E-state index is 12.2. The molecule has 2 N–H and O–H groups in total. The maximum absolute atomic E-state index is 12.2. The quantitative estimate of drug-likeness (QED) is 0.677. The van der Waals surface area contributed by atoms with Crippen LogP contribution in [0.3, 0.4) is 0 Å². The van der Waals surface area contributed by atoms with Crippen molar-refractivity contribution >= 4 is 34.4 Å². The van der Waals surface area contributed by atoms with Crippen LogP contribution in [0.15, 0.2) is 47.4 Å². The second kappa shape index (κ2) is 7.90. The minimum Gasteiger partial charge on any atom is -0.444 e. The molecule has 3 aromatic rings. The largest absolute Gasteiger partial charge is 0.444 e. The fraction of sp³-hybridized carbons (Fsp3) is 0.333. The number of ether oxygens (including phenoxy) is 1. The van der Waals surface area contributed by atoms with Gasteiger partial charge in [0.15, 0.2) is 0 Å². The van der Waals surface area contributed by atoms with E-state index in [-0.39, 0.29) is 11.6 Å². The van der Waals surface area contributed by atoms with Gasteiger partial charge in [0.1, 0.15) is 11.2 Å². The maximum Gasteiger partial charge on any atom is 0.412 e. The number of fused-ring (bicyclic) bond motifs is 1. The Morgan fingerprint density at radius 1 is 1.07 bits per heavy atom. The van der Waals surface area contributed by atoms with Crippen LogP contribution in [0.25, 0.3) is 11.0 Å². The molecule has 0 fully saturated rings. The van der Waals surface area contributed by atoms with E-state index in [2.05, 4.69) is 20.6 Å². The van der Waals surface area contributed by atoms with Crippen molar-refractivity contribution in [2.24, 2.45) is 0 Å². The first-order chi connectivity index (χ1) is 13.6. The molecule has 0 radical (unpaired) electrons. The molecule has 1 aromatic carbocycles. The lowest BCUT2D eigenvalue weighted by atomic mass is 10.2. The summed E-state index contributed by atoms with van der Waals surface area (Å²) in [6.45, 7) is 9.30. The van der Waals surface area contributed by atoms with Crippen molar-refractivity contribution in [2.75, 3.05) is 10.6 Å². The van der Waals surface area contributed by atoms with E-state index in [4.69, 9.17) is 4.74 Å². The number of nitrogens with zero attached hydrogens (tertiary/aromatic N) is 3. The van der Waals surface area contributed by atoms with Crippen molar-refractivity contribution < 1.29 is 9.53 Å². The third-order valence-corrected chi connectivity index (χ3v) is 3.97. The van der Waals surface area contributed by atoms with Gasteiger partial charge in [0.05, 0.1) is 0 Å². The van der Waals surface area contributed by atoms with Gasteiger partial charge in [-0.05, 0) is 65.0 Å². The molecule has 0 aliphatic rings. The summed E-state index contributed by atoms with van der Waals surface area (Å²) < 4.78 is 6.87. The fourth-order valence-electron chi connectivity index (χ4n) is 2.79. The average Bonchev–Trinajstić information content (AvgIpc) is 2.61. The number of carbonyl (C=O) groups excluding carboxylic acids is 1. The highest BCUT2D eigenvalue weighted by molar-refractivity contribution is 5.85. The topological polar surface area (TPSA) is 98.1 Å². The van der Waals surface area contributed by atoms with Crippen LogP contribution in [0.1, 0.15) is 40.7 Å². The number of nitrogens with one attached hydrogen (secondary N) is 2. The molecule has 0 spiro atoms. The summed E-state index contributed by atoms with van der Waals surface area (Å²) >= 11 is 0. The molecule has 8 nitrogen and oxygen atoms in total. The first kappa shape index (κ1) is 20.3. The summed E-state index contributed by atoms with van der Waals surface area (Å²) in [6.07, 6.45) is 1.17. The highest BCUT2D eigenvalue weighted by atomic mass is 16.6. The molecule has 0 saturated heterocycles. The second-order valence-electron chi connectivity index (χ2n) is 7.94.